The van der Waals surface area contributed by atoms with Gasteiger partial charge >= 0.3 is 5.97 Å². The summed E-state index contributed by atoms with van der Waals surface area (Å²) < 4.78 is 13.0. The van der Waals surface area contributed by atoms with E-state index in [-0.39, 0.29) is 23.1 Å². The summed E-state index contributed by atoms with van der Waals surface area (Å²) in [4.78, 5) is 35.3. The van der Waals surface area contributed by atoms with Gasteiger partial charge < -0.3 is 14.9 Å². The van der Waals surface area contributed by atoms with Crippen LogP contribution in [-0.4, -0.2) is 57.5 Å². The second-order valence-electron chi connectivity index (χ2n) is 5.90. The number of carbonyl (C=O) groups is 2. The predicted molar refractivity (Wildman–Crippen MR) is 88.1 cm³/mol. The van der Waals surface area contributed by atoms with Crippen LogP contribution in [0.25, 0.3) is 0 Å². The van der Waals surface area contributed by atoms with Gasteiger partial charge in [-0.15, -0.1) is 0 Å². The maximum Gasteiger partial charge on any atom is 0.337 e. The number of anilines is 1. The normalized spacial score (nSPS) is 17.4. The van der Waals surface area contributed by atoms with Crippen LogP contribution in [0.15, 0.2) is 36.8 Å². The van der Waals surface area contributed by atoms with Crippen LogP contribution in [0.4, 0.5) is 10.2 Å². The molecule has 1 N–H and O–H groups in total. The highest BCUT2D eigenvalue weighted by Crippen LogP contribution is 2.19. The van der Waals surface area contributed by atoms with Gasteiger partial charge in [0.15, 0.2) is 0 Å². The maximum atomic E-state index is 13.0. The van der Waals surface area contributed by atoms with Crippen LogP contribution in [0.1, 0.15) is 27.6 Å². The number of nitrogens with zero attached hydrogens (tertiary/aromatic N) is 4. The van der Waals surface area contributed by atoms with Crippen LogP contribution in [0, 0.1) is 5.82 Å². The molecule has 0 bridgehead atoms. The van der Waals surface area contributed by atoms with E-state index in [2.05, 4.69) is 9.97 Å². The summed E-state index contributed by atoms with van der Waals surface area (Å²) >= 11 is 0. The van der Waals surface area contributed by atoms with Crippen molar-refractivity contribution in [1.29, 1.82) is 0 Å². The second kappa shape index (κ2) is 6.84. The molecule has 0 saturated carbocycles. The van der Waals surface area contributed by atoms with Crippen molar-refractivity contribution in [1.82, 2.24) is 14.9 Å². The molecule has 1 saturated heterocycles. The number of amides is 1. The summed E-state index contributed by atoms with van der Waals surface area (Å²) in [6.07, 6.45) is 3.75. The molecule has 3 heterocycles. The van der Waals surface area contributed by atoms with Crippen LogP contribution in [0.5, 0.6) is 0 Å². The van der Waals surface area contributed by atoms with E-state index in [9.17, 15) is 14.0 Å². The summed E-state index contributed by atoms with van der Waals surface area (Å²) in [7, 11) is 0. The molecule has 1 aliphatic rings. The van der Waals surface area contributed by atoms with E-state index in [1.54, 1.807) is 11.0 Å². The van der Waals surface area contributed by atoms with E-state index in [4.69, 9.17) is 5.11 Å². The fraction of sp³-hybridized carbons (Fsp3) is 0.294. The number of rotatable bonds is 3. The third-order valence-electron chi connectivity index (χ3n) is 4.16. The lowest BCUT2D eigenvalue weighted by molar-refractivity contribution is 0.0673. The lowest BCUT2D eigenvalue weighted by atomic mass is 10.1. The zero-order valence-electron chi connectivity index (χ0n) is 13.6. The quantitative estimate of drug-likeness (QED) is 0.911. The molecule has 0 aromatic carbocycles. The molecular weight excluding hydrogens is 327 g/mol. The molecule has 2 aromatic rings. The van der Waals surface area contributed by atoms with Gasteiger partial charge in [-0.25, -0.2) is 14.2 Å². The van der Waals surface area contributed by atoms with Crippen molar-refractivity contribution >= 4 is 17.7 Å². The smallest absolute Gasteiger partial charge is 0.337 e. The monoisotopic (exact) mass is 344 g/mol. The molecule has 1 unspecified atom stereocenters. The molecule has 3 rings (SSSR count). The van der Waals surface area contributed by atoms with E-state index < -0.39 is 11.8 Å². The molecule has 0 spiro atoms. The molecule has 7 nitrogen and oxygen atoms in total. The number of pyridine rings is 2. The number of piperazine rings is 1. The van der Waals surface area contributed by atoms with Crippen LogP contribution >= 0.6 is 0 Å². The number of hydrogen-bond acceptors (Lipinski definition) is 5. The van der Waals surface area contributed by atoms with E-state index in [1.807, 2.05) is 11.8 Å². The van der Waals surface area contributed by atoms with Gasteiger partial charge in [0.25, 0.3) is 5.91 Å². The van der Waals surface area contributed by atoms with Crippen molar-refractivity contribution in [3.05, 3.63) is 53.7 Å². The minimum atomic E-state index is -1.12. The molecule has 1 aliphatic heterocycles. The van der Waals surface area contributed by atoms with Gasteiger partial charge in [-0.2, -0.15) is 0 Å². The molecule has 2 aromatic heterocycles. The Balaban J connectivity index is 1.72. The van der Waals surface area contributed by atoms with Crippen LogP contribution in [-0.2, 0) is 0 Å². The van der Waals surface area contributed by atoms with Gasteiger partial charge in [-0.05, 0) is 25.1 Å². The number of carbonyl (C=O) groups excluding carboxylic acids is 1. The van der Waals surface area contributed by atoms with Crippen molar-refractivity contribution in [3.63, 3.8) is 0 Å². The molecular formula is C17H17FN4O3. The summed E-state index contributed by atoms with van der Waals surface area (Å²) in [5.41, 5.74) is 0.229. The summed E-state index contributed by atoms with van der Waals surface area (Å²) in [5, 5.41) is 9.03. The van der Waals surface area contributed by atoms with Crippen molar-refractivity contribution in [2.24, 2.45) is 0 Å². The lowest BCUT2D eigenvalue weighted by Gasteiger charge is -2.40. The second-order valence-corrected chi connectivity index (χ2v) is 5.90. The van der Waals surface area contributed by atoms with Gasteiger partial charge in [0, 0.05) is 38.1 Å². The fourth-order valence-electron chi connectivity index (χ4n) is 2.86. The van der Waals surface area contributed by atoms with Crippen molar-refractivity contribution < 1.29 is 19.1 Å². The first kappa shape index (κ1) is 16.8. The largest absolute Gasteiger partial charge is 0.478 e. The Morgan fingerprint density at radius 1 is 1.20 bits per heavy atom. The number of aromatic nitrogens is 2. The molecule has 25 heavy (non-hydrogen) atoms. The Bertz CT molecular complexity index is 797. The minimum Gasteiger partial charge on any atom is -0.478 e. The van der Waals surface area contributed by atoms with Crippen LogP contribution < -0.4 is 4.90 Å². The molecule has 0 aliphatic carbocycles. The van der Waals surface area contributed by atoms with Crippen LogP contribution in [0.2, 0.25) is 0 Å². The fourth-order valence-corrected chi connectivity index (χ4v) is 2.86. The van der Waals surface area contributed by atoms with Gasteiger partial charge in [-0.3, -0.25) is 9.78 Å². The zero-order chi connectivity index (χ0) is 18.0. The Labute approximate surface area is 143 Å². The lowest BCUT2D eigenvalue weighted by Crippen LogP contribution is -2.54. The maximum absolute atomic E-state index is 13.0. The van der Waals surface area contributed by atoms with Crippen molar-refractivity contribution in [3.8, 4) is 0 Å². The highest BCUT2D eigenvalue weighted by molar-refractivity contribution is 5.97. The molecule has 1 amide bonds. The summed E-state index contributed by atoms with van der Waals surface area (Å²) in [6.45, 7) is 3.47. The number of hydrogen-bond donors (Lipinski definition) is 1. The topological polar surface area (TPSA) is 86.6 Å². The highest BCUT2D eigenvalue weighted by Gasteiger charge is 2.29. The van der Waals surface area contributed by atoms with E-state index >= 15 is 0 Å². The Hall–Kier alpha value is -3.03. The first-order valence-electron chi connectivity index (χ1n) is 7.81. The number of carboxylic acids is 1. The first-order valence-corrected chi connectivity index (χ1v) is 7.81. The predicted octanol–water partition coefficient (Wildman–Crippen LogP) is 1.66. The summed E-state index contributed by atoms with van der Waals surface area (Å²) in [5.74, 6) is -1.11. The Kier molecular flexibility index (Phi) is 4.60. The van der Waals surface area contributed by atoms with Gasteiger partial charge in [0.2, 0.25) is 0 Å². The van der Waals surface area contributed by atoms with Crippen LogP contribution in [0.3, 0.4) is 0 Å². The number of halogens is 1. The molecule has 1 atom stereocenters. The third kappa shape index (κ3) is 3.57. The Morgan fingerprint density at radius 3 is 2.60 bits per heavy atom. The standard InChI is InChI=1S/C17H17FN4O3/c1-11-10-21(15-3-2-14(18)9-20-15)4-5-22(11)16(23)12-6-13(17(24)25)8-19-7-12/h2-3,6-9,11H,4-5,10H2,1H3,(H,24,25). The highest BCUT2D eigenvalue weighted by atomic mass is 19.1. The molecule has 130 valence electrons. The van der Waals surface area contributed by atoms with Gasteiger partial charge in [0.05, 0.1) is 17.3 Å². The molecule has 0 radical (unpaired) electrons. The van der Waals surface area contributed by atoms with E-state index in [0.717, 1.165) is 0 Å². The van der Waals surface area contributed by atoms with Crippen molar-refractivity contribution in [2.45, 2.75) is 13.0 Å². The number of aromatic carboxylic acids is 1. The van der Waals surface area contributed by atoms with Gasteiger partial charge in [0.1, 0.15) is 11.6 Å². The van der Waals surface area contributed by atoms with Crippen molar-refractivity contribution in [2.75, 3.05) is 24.5 Å². The SMILES string of the molecule is CC1CN(c2ccc(F)cn2)CCN1C(=O)c1cncc(C(=O)O)c1. The van der Waals surface area contributed by atoms with E-state index in [0.29, 0.717) is 25.5 Å². The average molecular weight is 344 g/mol. The van der Waals surface area contributed by atoms with Gasteiger partial charge in [-0.1, -0.05) is 0 Å². The Morgan fingerprint density at radius 2 is 1.96 bits per heavy atom. The third-order valence-corrected chi connectivity index (χ3v) is 4.16. The number of carboxylic acid groups (broad SMARTS) is 1. The first-order chi connectivity index (χ1) is 12.0. The van der Waals surface area contributed by atoms with E-state index in [1.165, 1.54) is 30.7 Å². The molecule has 8 heteroatoms. The zero-order valence-corrected chi connectivity index (χ0v) is 13.6. The molecule has 1 fully saturated rings. The minimum absolute atomic E-state index is 0.0207. The summed E-state index contributed by atoms with van der Waals surface area (Å²) in [6, 6.07) is 4.19. The average Bonchev–Trinajstić information content (AvgIpc) is 2.62.